The van der Waals surface area contributed by atoms with Gasteiger partial charge in [-0.2, -0.15) is 0 Å². The van der Waals surface area contributed by atoms with Gasteiger partial charge in [-0.3, -0.25) is 4.79 Å². The normalized spacial score (nSPS) is 15.7. The number of hydrogen-bond acceptors (Lipinski definition) is 3. The molecule has 0 radical (unpaired) electrons. The van der Waals surface area contributed by atoms with Crippen molar-refractivity contribution in [1.82, 2.24) is 10.2 Å². The first-order chi connectivity index (χ1) is 7.34. The molecule has 1 amide bonds. The van der Waals surface area contributed by atoms with Gasteiger partial charge in [0.15, 0.2) is 0 Å². The zero-order valence-electron chi connectivity index (χ0n) is 9.21. The largest absolute Gasteiger partial charge is 0.378 e. The molecule has 1 heterocycles. The van der Waals surface area contributed by atoms with Gasteiger partial charge in [0.05, 0.1) is 19.8 Å². The predicted octanol–water partition coefficient (Wildman–Crippen LogP) is -0.152. The Balaban J connectivity index is 2.08. The van der Waals surface area contributed by atoms with Gasteiger partial charge in [0.25, 0.3) is 0 Å². The van der Waals surface area contributed by atoms with Crippen molar-refractivity contribution >= 4 is 5.91 Å². The van der Waals surface area contributed by atoms with Crippen molar-refractivity contribution in [3.63, 3.8) is 0 Å². The quantitative estimate of drug-likeness (QED) is 0.518. The van der Waals surface area contributed by atoms with E-state index in [1.165, 1.54) is 0 Å². The van der Waals surface area contributed by atoms with Gasteiger partial charge in [-0.25, -0.2) is 0 Å². The molecule has 1 rings (SSSR count). The second-order valence-electron chi connectivity index (χ2n) is 3.35. The third kappa shape index (κ3) is 4.82. The van der Waals surface area contributed by atoms with E-state index in [9.17, 15) is 4.79 Å². The van der Waals surface area contributed by atoms with Crippen molar-refractivity contribution in [1.29, 1.82) is 0 Å². The summed E-state index contributed by atoms with van der Waals surface area (Å²) in [6.07, 6.45) is 0.799. The topological polar surface area (TPSA) is 41.6 Å². The minimum Gasteiger partial charge on any atom is -0.378 e. The van der Waals surface area contributed by atoms with Crippen molar-refractivity contribution in [2.75, 3.05) is 39.4 Å². The first kappa shape index (κ1) is 12.0. The van der Waals surface area contributed by atoms with Crippen LogP contribution in [0.15, 0.2) is 0 Å². The molecule has 4 heteroatoms. The Morgan fingerprint density at radius 1 is 1.47 bits per heavy atom. The predicted molar refractivity (Wildman–Crippen MR) is 58.3 cm³/mol. The molecule has 1 N–H and O–H groups in total. The monoisotopic (exact) mass is 210 g/mol. The Bertz CT molecular complexity index is 249. The Labute approximate surface area is 91.0 Å². The van der Waals surface area contributed by atoms with Crippen LogP contribution >= 0.6 is 0 Å². The summed E-state index contributed by atoms with van der Waals surface area (Å²) < 4.78 is 5.17. The molecule has 0 aromatic carbocycles. The number of carbonyl (C=O) groups is 1. The minimum atomic E-state index is 0.155. The van der Waals surface area contributed by atoms with Gasteiger partial charge in [-0.15, -0.1) is 11.8 Å². The Morgan fingerprint density at radius 2 is 2.20 bits per heavy atom. The summed E-state index contributed by atoms with van der Waals surface area (Å²) in [6, 6.07) is 0. The lowest BCUT2D eigenvalue weighted by atomic mass is 10.3. The number of carbonyl (C=O) groups excluding carboxylic acids is 1. The van der Waals surface area contributed by atoms with E-state index in [0.29, 0.717) is 19.8 Å². The van der Waals surface area contributed by atoms with Crippen LogP contribution in [0.3, 0.4) is 0 Å². The summed E-state index contributed by atoms with van der Waals surface area (Å²) in [5.41, 5.74) is 0. The number of hydrogen-bond donors (Lipinski definition) is 1. The van der Waals surface area contributed by atoms with Crippen LogP contribution in [0.4, 0.5) is 0 Å². The van der Waals surface area contributed by atoms with E-state index in [1.54, 1.807) is 0 Å². The van der Waals surface area contributed by atoms with E-state index in [1.807, 2.05) is 11.8 Å². The van der Waals surface area contributed by atoms with Crippen LogP contribution in [-0.2, 0) is 9.53 Å². The summed E-state index contributed by atoms with van der Waals surface area (Å²) in [7, 11) is 0. The molecule has 0 saturated carbocycles. The second-order valence-corrected chi connectivity index (χ2v) is 3.35. The summed E-state index contributed by atoms with van der Waals surface area (Å²) >= 11 is 0. The fourth-order valence-corrected chi connectivity index (χ4v) is 1.40. The lowest BCUT2D eigenvalue weighted by Crippen LogP contribution is -2.44. The van der Waals surface area contributed by atoms with Gasteiger partial charge >= 0.3 is 0 Å². The second kappa shape index (κ2) is 7.27. The first-order valence-corrected chi connectivity index (χ1v) is 5.30. The molecular weight excluding hydrogens is 192 g/mol. The summed E-state index contributed by atoms with van der Waals surface area (Å²) in [5.74, 6) is 5.92. The third-order valence-corrected chi connectivity index (χ3v) is 2.24. The van der Waals surface area contributed by atoms with Gasteiger partial charge in [0.2, 0.25) is 5.91 Å². The number of morpholine rings is 1. The highest BCUT2D eigenvalue weighted by Crippen LogP contribution is 1.96. The molecule has 0 unspecified atom stereocenters. The van der Waals surface area contributed by atoms with Crippen molar-refractivity contribution in [2.24, 2.45) is 0 Å². The lowest BCUT2D eigenvalue weighted by molar-refractivity contribution is -0.134. The Kier molecular flexibility index (Phi) is 5.83. The molecule has 4 nitrogen and oxygen atoms in total. The Hall–Kier alpha value is -1.05. The maximum atomic E-state index is 11.6. The number of amides is 1. The maximum Gasteiger partial charge on any atom is 0.236 e. The van der Waals surface area contributed by atoms with Gasteiger partial charge in [0.1, 0.15) is 0 Å². The van der Waals surface area contributed by atoms with E-state index >= 15 is 0 Å². The fraction of sp³-hybridized carbons (Fsp3) is 0.727. The molecule has 1 aliphatic rings. The van der Waals surface area contributed by atoms with Crippen LogP contribution in [0.2, 0.25) is 0 Å². The fourth-order valence-electron chi connectivity index (χ4n) is 1.40. The molecule has 0 aromatic rings. The number of nitrogens with one attached hydrogen (secondary N) is 1. The van der Waals surface area contributed by atoms with Crippen LogP contribution in [0, 0.1) is 11.8 Å². The molecule has 84 valence electrons. The highest BCUT2D eigenvalue weighted by molar-refractivity contribution is 5.78. The van der Waals surface area contributed by atoms with Crippen LogP contribution in [0.1, 0.15) is 13.3 Å². The average Bonchev–Trinajstić information content (AvgIpc) is 2.30. The number of rotatable bonds is 4. The standard InChI is InChI=1S/C11H18N2O2/c1-2-3-4-5-12-10-11(14)13-6-8-15-9-7-13/h12H,4-10H2,1H3. The number of nitrogens with zero attached hydrogens (tertiary/aromatic N) is 1. The zero-order chi connectivity index (χ0) is 10.9. The molecule has 0 atom stereocenters. The molecule has 0 spiro atoms. The molecule has 0 bridgehead atoms. The van der Waals surface area contributed by atoms with Crippen molar-refractivity contribution in [3.05, 3.63) is 0 Å². The van der Waals surface area contributed by atoms with Crippen LogP contribution < -0.4 is 5.32 Å². The van der Waals surface area contributed by atoms with Crippen molar-refractivity contribution in [3.8, 4) is 11.8 Å². The van der Waals surface area contributed by atoms with Crippen LogP contribution in [0.25, 0.3) is 0 Å². The maximum absolute atomic E-state index is 11.6. The van der Waals surface area contributed by atoms with E-state index in [0.717, 1.165) is 26.1 Å². The van der Waals surface area contributed by atoms with Crippen molar-refractivity contribution < 1.29 is 9.53 Å². The van der Waals surface area contributed by atoms with Crippen molar-refractivity contribution in [2.45, 2.75) is 13.3 Å². The smallest absolute Gasteiger partial charge is 0.236 e. The third-order valence-electron chi connectivity index (χ3n) is 2.24. The lowest BCUT2D eigenvalue weighted by Gasteiger charge is -2.26. The zero-order valence-corrected chi connectivity index (χ0v) is 9.21. The molecule has 1 aliphatic heterocycles. The van der Waals surface area contributed by atoms with Crippen LogP contribution in [-0.4, -0.2) is 50.2 Å². The molecule has 1 fully saturated rings. The average molecular weight is 210 g/mol. The minimum absolute atomic E-state index is 0.155. The van der Waals surface area contributed by atoms with Gasteiger partial charge < -0.3 is 15.0 Å². The van der Waals surface area contributed by atoms with Gasteiger partial charge in [-0.05, 0) is 6.92 Å². The molecule has 0 aliphatic carbocycles. The van der Waals surface area contributed by atoms with E-state index < -0.39 is 0 Å². The van der Waals surface area contributed by atoms with E-state index in [2.05, 4.69) is 17.2 Å². The first-order valence-electron chi connectivity index (χ1n) is 5.30. The SMILES string of the molecule is CC#CCCNCC(=O)N1CCOCC1. The molecular formula is C11H18N2O2. The van der Waals surface area contributed by atoms with E-state index in [4.69, 9.17) is 4.74 Å². The molecule has 15 heavy (non-hydrogen) atoms. The number of ether oxygens (including phenoxy) is 1. The van der Waals surface area contributed by atoms with E-state index in [-0.39, 0.29) is 5.91 Å². The highest BCUT2D eigenvalue weighted by Gasteiger charge is 2.15. The summed E-state index contributed by atoms with van der Waals surface area (Å²) in [6.45, 7) is 5.76. The molecule has 1 saturated heterocycles. The highest BCUT2D eigenvalue weighted by atomic mass is 16.5. The Morgan fingerprint density at radius 3 is 2.87 bits per heavy atom. The molecule has 0 aromatic heterocycles. The summed E-state index contributed by atoms with van der Waals surface area (Å²) in [5, 5.41) is 3.08. The van der Waals surface area contributed by atoms with Gasteiger partial charge in [-0.1, -0.05) is 0 Å². The van der Waals surface area contributed by atoms with Gasteiger partial charge in [0, 0.05) is 26.1 Å². The van der Waals surface area contributed by atoms with Crippen LogP contribution in [0.5, 0.6) is 0 Å². The summed E-state index contributed by atoms with van der Waals surface area (Å²) in [4.78, 5) is 13.4.